The van der Waals surface area contributed by atoms with Crippen molar-refractivity contribution in [2.45, 2.75) is 122 Å². The predicted octanol–water partition coefficient (Wildman–Crippen LogP) is 7.91. The molecule has 0 nitrogen and oxygen atoms in total. The molecule has 0 aromatic rings. The van der Waals surface area contributed by atoms with Gasteiger partial charge in [0.1, 0.15) is 5.75 Å². The molecule has 0 radical (unpaired) electrons. The van der Waals surface area contributed by atoms with E-state index < -0.39 is 0 Å². The fourth-order valence-electron chi connectivity index (χ4n) is 3.29. The Morgan fingerprint density at radius 2 is 0.652 bits per heavy atom. The minimum absolute atomic E-state index is 0.666. The van der Waals surface area contributed by atoms with Crippen LogP contribution < -0.4 is 0 Å². The fourth-order valence-corrected chi connectivity index (χ4v) is 4.07. The Bertz CT molecular complexity index is 200. The van der Waals surface area contributed by atoms with Gasteiger partial charge in [-0.1, -0.05) is 110 Å². The molecule has 0 aliphatic rings. The SMILES string of the molecule is CCCCCCCCCCCCCCCCCCCC[S+](C)C. The molecule has 0 aliphatic heterocycles. The first-order valence-electron chi connectivity index (χ1n) is 10.8. The van der Waals surface area contributed by atoms with Crippen LogP contribution in [-0.2, 0) is 10.9 Å². The Morgan fingerprint density at radius 3 is 0.913 bits per heavy atom. The lowest BCUT2D eigenvalue weighted by Gasteiger charge is -2.03. The molecule has 0 saturated heterocycles. The smallest absolute Gasteiger partial charge is 0.0654 e. The first kappa shape index (κ1) is 23.4. The maximum absolute atomic E-state index is 2.37. The van der Waals surface area contributed by atoms with Gasteiger partial charge in [-0.2, -0.15) is 0 Å². The van der Waals surface area contributed by atoms with E-state index in [2.05, 4.69) is 19.4 Å². The Hall–Kier alpha value is 0.350. The van der Waals surface area contributed by atoms with Crippen LogP contribution in [0.25, 0.3) is 0 Å². The van der Waals surface area contributed by atoms with Gasteiger partial charge in [-0.3, -0.25) is 0 Å². The molecule has 0 rings (SSSR count). The van der Waals surface area contributed by atoms with Gasteiger partial charge in [-0.15, -0.1) is 0 Å². The van der Waals surface area contributed by atoms with E-state index in [1.807, 2.05) is 0 Å². The summed E-state index contributed by atoms with van der Waals surface area (Å²) < 4.78 is 0. The molecule has 0 spiro atoms. The molecule has 0 fully saturated rings. The van der Waals surface area contributed by atoms with Crippen LogP contribution in [-0.4, -0.2) is 18.3 Å². The summed E-state index contributed by atoms with van der Waals surface area (Å²) in [6.45, 7) is 2.30. The Labute approximate surface area is 151 Å². The maximum Gasteiger partial charge on any atom is 0.107 e. The van der Waals surface area contributed by atoms with Crippen molar-refractivity contribution in [1.29, 1.82) is 0 Å². The van der Waals surface area contributed by atoms with Crippen LogP contribution >= 0.6 is 0 Å². The van der Waals surface area contributed by atoms with Gasteiger partial charge in [0.15, 0.2) is 0 Å². The first-order valence-corrected chi connectivity index (χ1v) is 13.0. The van der Waals surface area contributed by atoms with Crippen LogP contribution in [0.15, 0.2) is 0 Å². The lowest BCUT2D eigenvalue weighted by Crippen LogP contribution is -2.00. The minimum atomic E-state index is 0.666. The lowest BCUT2D eigenvalue weighted by atomic mass is 10.0. The largest absolute Gasteiger partial charge is 0.107 e. The normalized spacial score (nSPS) is 11.5. The zero-order valence-corrected chi connectivity index (χ0v) is 17.7. The summed E-state index contributed by atoms with van der Waals surface area (Å²) in [5.74, 6) is 1.46. The van der Waals surface area contributed by atoms with Crippen molar-refractivity contribution >= 4 is 10.9 Å². The van der Waals surface area contributed by atoms with Gasteiger partial charge < -0.3 is 0 Å². The van der Waals surface area contributed by atoms with E-state index in [4.69, 9.17) is 0 Å². The minimum Gasteiger partial charge on any atom is -0.0654 e. The van der Waals surface area contributed by atoms with Crippen LogP contribution in [0.3, 0.4) is 0 Å². The van der Waals surface area contributed by atoms with Gasteiger partial charge in [-0.05, 0) is 23.7 Å². The molecule has 0 heterocycles. The molecular formula is C22H47S+. The van der Waals surface area contributed by atoms with Gasteiger partial charge >= 0.3 is 0 Å². The molecule has 0 unspecified atom stereocenters. The molecule has 0 amide bonds. The molecular weight excluding hydrogens is 296 g/mol. The van der Waals surface area contributed by atoms with Crippen molar-refractivity contribution in [2.75, 3.05) is 18.3 Å². The third kappa shape index (κ3) is 22.4. The van der Waals surface area contributed by atoms with Crippen LogP contribution in [0.4, 0.5) is 0 Å². The van der Waals surface area contributed by atoms with Crippen molar-refractivity contribution in [3.05, 3.63) is 0 Å². The molecule has 0 aromatic heterocycles. The fraction of sp³-hybridized carbons (Fsp3) is 1.00. The van der Waals surface area contributed by atoms with Crippen molar-refractivity contribution < 1.29 is 0 Å². The Balaban J connectivity index is 2.95. The standard InChI is InChI=1S/C22H47S/c1-4-5-6-7-8-9-10-11-12-13-14-15-16-17-18-19-20-21-22-23(2)3/h4-22H2,1-3H3/q+1. The average molecular weight is 344 g/mol. The highest BCUT2D eigenvalue weighted by molar-refractivity contribution is 7.95. The van der Waals surface area contributed by atoms with E-state index in [0.29, 0.717) is 10.9 Å². The molecule has 0 saturated carbocycles. The highest BCUT2D eigenvalue weighted by Gasteiger charge is 2.00. The van der Waals surface area contributed by atoms with Crippen molar-refractivity contribution in [2.24, 2.45) is 0 Å². The summed E-state index contributed by atoms with van der Waals surface area (Å²) in [6.07, 6.45) is 31.3. The Kier molecular flexibility index (Phi) is 20.7. The van der Waals surface area contributed by atoms with E-state index >= 15 is 0 Å². The van der Waals surface area contributed by atoms with Gasteiger partial charge in [-0.25, -0.2) is 0 Å². The van der Waals surface area contributed by atoms with E-state index in [9.17, 15) is 0 Å². The molecule has 0 atom stereocenters. The van der Waals surface area contributed by atoms with Gasteiger partial charge in [0.05, 0.1) is 12.5 Å². The number of hydrogen-bond acceptors (Lipinski definition) is 0. The summed E-state index contributed by atoms with van der Waals surface area (Å²) in [5, 5.41) is 0. The second-order valence-corrected chi connectivity index (χ2v) is 10.1. The monoisotopic (exact) mass is 343 g/mol. The number of rotatable bonds is 19. The van der Waals surface area contributed by atoms with Gasteiger partial charge in [0.25, 0.3) is 0 Å². The zero-order chi connectivity index (χ0) is 17.0. The van der Waals surface area contributed by atoms with Crippen LogP contribution in [0.5, 0.6) is 0 Å². The maximum atomic E-state index is 2.37. The third-order valence-electron chi connectivity index (χ3n) is 4.91. The number of hydrogen-bond donors (Lipinski definition) is 0. The van der Waals surface area contributed by atoms with Crippen LogP contribution in [0.1, 0.15) is 122 Å². The molecule has 1 heteroatoms. The Morgan fingerprint density at radius 1 is 0.391 bits per heavy atom. The van der Waals surface area contributed by atoms with E-state index in [0.717, 1.165) is 0 Å². The third-order valence-corrected chi connectivity index (χ3v) is 6.01. The van der Waals surface area contributed by atoms with Gasteiger partial charge in [0.2, 0.25) is 0 Å². The van der Waals surface area contributed by atoms with Crippen molar-refractivity contribution in [1.82, 2.24) is 0 Å². The van der Waals surface area contributed by atoms with E-state index in [1.54, 1.807) is 0 Å². The molecule has 140 valence electrons. The van der Waals surface area contributed by atoms with Crippen LogP contribution in [0.2, 0.25) is 0 Å². The second-order valence-electron chi connectivity index (χ2n) is 7.70. The first-order chi connectivity index (χ1) is 11.3. The van der Waals surface area contributed by atoms with E-state index in [1.165, 1.54) is 121 Å². The molecule has 0 N–H and O–H groups in total. The summed E-state index contributed by atoms with van der Waals surface area (Å²) in [7, 11) is 0.666. The van der Waals surface area contributed by atoms with Gasteiger partial charge in [0, 0.05) is 0 Å². The van der Waals surface area contributed by atoms with Crippen LogP contribution in [0, 0.1) is 0 Å². The van der Waals surface area contributed by atoms with E-state index in [-0.39, 0.29) is 0 Å². The lowest BCUT2D eigenvalue weighted by molar-refractivity contribution is 0.526. The molecule has 0 aromatic carbocycles. The van der Waals surface area contributed by atoms with Crippen molar-refractivity contribution in [3.63, 3.8) is 0 Å². The summed E-state index contributed by atoms with van der Waals surface area (Å²) >= 11 is 0. The molecule has 23 heavy (non-hydrogen) atoms. The highest BCUT2D eigenvalue weighted by atomic mass is 32.2. The number of unbranched alkanes of at least 4 members (excludes halogenated alkanes) is 17. The molecule has 0 bridgehead atoms. The quantitative estimate of drug-likeness (QED) is 0.165. The summed E-state index contributed by atoms with van der Waals surface area (Å²) in [4.78, 5) is 0. The van der Waals surface area contributed by atoms with Crippen molar-refractivity contribution in [3.8, 4) is 0 Å². The zero-order valence-electron chi connectivity index (χ0n) is 16.8. The molecule has 0 aliphatic carbocycles. The highest BCUT2D eigenvalue weighted by Crippen LogP contribution is 2.14. The second kappa shape index (κ2) is 20.4. The summed E-state index contributed by atoms with van der Waals surface area (Å²) in [5.41, 5.74) is 0. The summed E-state index contributed by atoms with van der Waals surface area (Å²) in [6, 6.07) is 0. The topological polar surface area (TPSA) is 0 Å². The average Bonchev–Trinajstić information content (AvgIpc) is 2.53. The predicted molar refractivity (Wildman–Crippen MR) is 113 cm³/mol.